The monoisotopic (exact) mass is 532 g/mol. The van der Waals surface area contributed by atoms with Gasteiger partial charge in [0.1, 0.15) is 48.0 Å². The van der Waals surface area contributed by atoms with Crippen LogP contribution in [0.3, 0.4) is 0 Å². The lowest BCUT2D eigenvalue weighted by Gasteiger charge is -2.28. The molecule has 4 atom stereocenters. The van der Waals surface area contributed by atoms with Crippen molar-refractivity contribution in [1.29, 1.82) is 0 Å². The molecule has 3 aromatic rings. The first-order chi connectivity index (χ1) is 17.5. The van der Waals surface area contributed by atoms with E-state index >= 15 is 0 Å². The molecule has 0 amide bonds. The first-order valence-corrected chi connectivity index (χ1v) is 13.1. The van der Waals surface area contributed by atoms with Crippen LogP contribution in [0.1, 0.15) is 23.8 Å². The summed E-state index contributed by atoms with van der Waals surface area (Å²) in [5.41, 5.74) is 7.49. The molecule has 4 heterocycles. The lowest BCUT2D eigenvalue weighted by atomic mass is 10.1. The molecule has 0 unspecified atom stereocenters. The van der Waals surface area contributed by atoms with Crippen molar-refractivity contribution in [3.05, 3.63) is 41.6 Å². The number of aliphatic hydroxyl groups is 2. The molecule has 1 aromatic carbocycles. The van der Waals surface area contributed by atoms with Crippen molar-refractivity contribution < 1.29 is 32.5 Å². The highest BCUT2D eigenvalue weighted by Crippen LogP contribution is 2.37. The van der Waals surface area contributed by atoms with E-state index in [-0.39, 0.29) is 23.4 Å². The first-order valence-electron chi connectivity index (χ1n) is 11.4. The molecule has 2 aliphatic rings. The molecule has 5 rings (SSSR count). The van der Waals surface area contributed by atoms with Gasteiger partial charge in [0.2, 0.25) is 10.0 Å². The number of halogens is 1. The molecule has 0 spiro atoms. The molecule has 0 saturated carbocycles. The van der Waals surface area contributed by atoms with Crippen molar-refractivity contribution in [1.82, 2.24) is 14.5 Å². The van der Waals surface area contributed by atoms with E-state index in [2.05, 4.69) is 21.8 Å². The Morgan fingerprint density at radius 1 is 1.24 bits per heavy atom. The fraction of sp³-hybridized carbons (Fsp3) is 0.391. The standard InChI is InChI=1S/C23H25FN6O6S/c1-29-7-8-35-20-13(14(24)4-5-15(20)29)3-2-12-10-30(22-17(12)21(25)27-11-28-22)23-19(32)18(31)16(36-23)6-9-37(26,33)34/h4-5,10-11,16,18-19,23,31-32H,6-9H2,1H3,(H2,25,27,28)(H2,26,33,34)/t16-,18+,19+,23+/m0/s1. The lowest BCUT2D eigenvalue weighted by molar-refractivity contribution is -0.0350. The van der Waals surface area contributed by atoms with Gasteiger partial charge in [-0.15, -0.1) is 0 Å². The van der Waals surface area contributed by atoms with Crippen molar-refractivity contribution in [2.45, 2.75) is 31.0 Å². The number of nitrogen functional groups attached to an aromatic ring is 1. The largest absolute Gasteiger partial charge is 0.488 e. The third-order valence-electron chi connectivity index (χ3n) is 6.43. The molecular formula is C23H25FN6O6S. The van der Waals surface area contributed by atoms with Crippen LogP contribution in [0.4, 0.5) is 15.9 Å². The molecule has 37 heavy (non-hydrogen) atoms. The fourth-order valence-electron chi connectivity index (χ4n) is 4.52. The van der Waals surface area contributed by atoms with Gasteiger partial charge >= 0.3 is 0 Å². The summed E-state index contributed by atoms with van der Waals surface area (Å²) >= 11 is 0. The van der Waals surface area contributed by atoms with Gasteiger partial charge in [-0.1, -0.05) is 11.8 Å². The van der Waals surface area contributed by atoms with Crippen LogP contribution in [-0.4, -0.2) is 77.4 Å². The maximum absolute atomic E-state index is 14.8. The second kappa shape index (κ2) is 9.43. The Morgan fingerprint density at radius 3 is 2.78 bits per heavy atom. The summed E-state index contributed by atoms with van der Waals surface area (Å²) in [5.74, 6) is 5.19. The summed E-state index contributed by atoms with van der Waals surface area (Å²) in [6, 6.07) is 2.95. The van der Waals surface area contributed by atoms with Gasteiger partial charge in [-0.25, -0.2) is 27.9 Å². The highest BCUT2D eigenvalue weighted by atomic mass is 32.2. The smallest absolute Gasteiger partial charge is 0.209 e. The summed E-state index contributed by atoms with van der Waals surface area (Å²) < 4.78 is 50.4. The number of nitrogens with zero attached hydrogens (tertiary/aromatic N) is 4. The minimum absolute atomic E-state index is 0.0796. The molecular weight excluding hydrogens is 507 g/mol. The van der Waals surface area contributed by atoms with Crippen molar-refractivity contribution in [3.63, 3.8) is 0 Å². The van der Waals surface area contributed by atoms with E-state index in [1.54, 1.807) is 6.07 Å². The normalized spacial score (nSPS) is 23.4. The number of sulfonamides is 1. The summed E-state index contributed by atoms with van der Waals surface area (Å²) in [4.78, 5) is 10.2. The maximum Gasteiger partial charge on any atom is 0.209 e. The molecule has 14 heteroatoms. The van der Waals surface area contributed by atoms with Crippen molar-refractivity contribution in [2.75, 3.05) is 36.6 Å². The quantitative estimate of drug-likeness (QED) is 0.325. The molecule has 12 nitrogen and oxygen atoms in total. The third-order valence-corrected chi connectivity index (χ3v) is 7.23. The van der Waals surface area contributed by atoms with Crippen LogP contribution in [0.2, 0.25) is 0 Å². The molecule has 2 aromatic heterocycles. The number of rotatable bonds is 4. The van der Waals surface area contributed by atoms with Crippen LogP contribution in [0.15, 0.2) is 24.7 Å². The van der Waals surface area contributed by atoms with Gasteiger partial charge in [0.05, 0.1) is 35.0 Å². The molecule has 1 saturated heterocycles. The zero-order chi connectivity index (χ0) is 26.5. The zero-order valence-corrected chi connectivity index (χ0v) is 20.5. The second-order valence-electron chi connectivity index (χ2n) is 8.90. The van der Waals surface area contributed by atoms with Gasteiger partial charge in [0.25, 0.3) is 0 Å². The van der Waals surface area contributed by atoms with Crippen LogP contribution in [0.25, 0.3) is 11.0 Å². The Morgan fingerprint density at radius 2 is 2.03 bits per heavy atom. The van der Waals surface area contributed by atoms with E-state index in [0.29, 0.717) is 35.5 Å². The summed E-state index contributed by atoms with van der Waals surface area (Å²) in [6.45, 7) is 1.04. The molecule has 1 fully saturated rings. The van der Waals surface area contributed by atoms with Crippen molar-refractivity contribution in [2.24, 2.45) is 5.14 Å². The average Bonchev–Trinajstić information content (AvgIpc) is 3.35. The number of nitrogens with two attached hydrogens (primary N) is 2. The van der Waals surface area contributed by atoms with Gasteiger partial charge in [0, 0.05) is 13.2 Å². The number of aliphatic hydroxyl groups excluding tert-OH is 2. The van der Waals surface area contributed by atoms with E-state index in [1.165, 1.54) is 23.2 Å². The highest BCUT2D eigenvalue weighted by Gasteiger charge is 2.44. The molecule has 0 bridgehead atoms. The van der Waals surface area contributed by atoms with Crippen molar-refractivity contribution >= 4 is 32.6 Å². The minimum atomic E-state index is -3.80. The number of ether oxygens (including phenoxy) is 2. The Hall–Kier alpha value is -3.48. The predicted octanol–water partition coefficient (Wildman–Crippen LogP) is -0.321. The van der Waals surface area contributed by atoms with Gasteiger partial charge in [0.15, 0.2) is 12.0 Å². The number of hydrogen-bond donors (Lipinski definition) is 4. The maximum atomic E-state index is 14.8. The Kier molecular flexibility index (Phi) is 6.42. The Balaban J connectivity index is 1.55. The van der Waals surface area contributed by atoms with Crippen LogP contribution < -0.4 is 20.5 Å². The third kappa shape index (κ3) is 4.67. The predicted molar refractivity (Wildman–Crippen MR) is 132 cm³/mol. The van der Waals surface area contributed by atoms with Gasteiger partial charge < -0.3 is 34.9 Å². The van der Waals surface area contributed by atoms with Crippen LogP contribution >= 0.6 is 0 Å². The summed E-state index contributed by atoms with van der Waals surface area (Å²) in [6.07, 6.45) is -2.32. The Labute approximate surface area is 211 Å². The zero-order valence-electron chi connectivity index (χ0n) is 19.7. The highest BCUT2D eigenvalue weighted by molar-refractivity contribution is 7.89. The van der Waals surface area contributed by atoms with Crippen molar-refractivity contribution in [3.8, 4) is 17.6 Å². The topological polar surface area (TPSA) is 179 Å². The molecule has 0 aliphatic carbocycles. The summed E-state index contributed by atoms with van der Waals surface area (Å²) in [5, 5.41) is 26.6. The van der Waals surface area contributed by atoms with Crippen LogP contribution in [0, 0.1) is 17.7 Å². The number of aromatic nitrogens is 3. The van der Waals surface area contributed by atoms with E-state index in [4.69, 9.17) is 20.3 Å². The molecule has 2 aliphatic heterocycles. The van der Waals surface area contributed by atoms with E-state index < -0.39 is 46.1 Å². The van der Waals surface area contributed by atoms with E-state index in [0.717, 1.165) is 0 Å². The van der Waals surface area contributed by atoms with Crippen LogP contribution in [-0.2, 0) is 14.8 Å². The Bertz CT molecular complexity index is 1530. The number of fused-ring (bicyclic) bond motifs is 2. The van der Waals surface area contributed by atoms with E-state index in [9.17, 15) is 23.0 Å². The minimum Gasteiger partial charge on any atom is -0.488 e. The van der Waals surface area contributed by atoms with Gasteiger partial charge in [-0.05, 0) is 18.6 Å². The van der Waals surface area contributed by atoms with Gasteiger partial charge in [-0.2, -0.15) is 0 Å². The first kappa shape index (κ1) is 25.2. The second-order valence-corrected chi connectivity index (χ2v) is 10.6. The van der Waals surface area contributed by atoms with Crippen LogP contribution in [0.5, 0.6) is 5.75 Å². The molecule has 0 radical (unpaired) electrons. The number of anilines is 2. The lowest BCUT2D eigenvalue weighted by Crippen LogP contribution is -2.33. The fourth-order valence-corrected chi connectivity index (χ4v) is 5.08. The number of likely N-dealkylation sites (N-methyl/N-ethyl adjacent to an activating group) is 1. The van der Waals surface area contributed by atoms with Gasteiger partial charge in [-0.3, -0.25) is 0 Å². The average molecular weight is 533 g/mol. The number of hydrogen-bond acceptors (Lipinski definition) is 10. The SMILES string of the molecule is CN1CCOc2c1ccc(F)c2C#Cc1cn([C@@H]2O[C@@H](CCS(N)(=O)=O)[C@@H](O)[C@H]2O)c2ncnc(N)c12. The molecule has 196 valence electrons. The number of benzene rings is 1. The number of primary sulfonamides is 1. The molecule has 6 N–H and O–H groups in total. The summed E-state index contributed by atoms with van der Waals surface area (Å²) in [7, 11) is -1.92. The van der Waals surface area contributed by atoms with E-state index in [1.807, 2.05) is 11.9 Å².